The van der Waals surface area contributed by atoms with E-state index in [2.05, 4.69) is 12.2 Å². The smallest absolute Gasteiger partial charge is 0.343 e. The molecule has 31 heavy (non-hydrogen) atoms. The van der Waals surface area contributed by atoms with E-state index in [1.54, 1.807) is 6.26 Å². The Balaban J connectivity index is 1.46. The molecule has 1 saturated carbocycles. The Kier molecular flexibility index (Phi) is 6.77. The lowest BCUT2D eigenvalue weighted by Crippen LogP contribution is -2.56. The molecule has 168 valence electrons. The minimum atomic E-state index is -1.57. The zero-order valence-corrected chi connectivity index (χ0v) is 18.5. The molecular formula is C25H35N2O4+. The standard InChI is InChI=1S/C25H35N2O4/c1-27(17-14-22-15-18-30-26-22)16-8-13-23(19-27)31-24(28)25(29,20-9-4-2-5-10-20)21-11-6-3-7-12-21/h2,4-5,9-10,15,18,21,23,29H,3,6-8,11-14,16-17,19H2,1H3/q+1. The van der Waals surface area contributed by atoms with E-state index in [1.165, 1.54) is 6.42 Å². The second-order valence-corrected chi connectivity index (χ2v) is 9.63. The highest BCUT2D eigenvalue weighted by Crippen LogP contribution is 2.41. The average molecular weight is 428 g/mol. The number of carbonyl (C=O) groups excluding carboxylic acids is 1. The van der Waals surface area contributed by atoms with Gasteiger partial charge >= 0.3 is 5.97 Å². The number of carbonyl (C=O) groups is 1. The van der Waals surface area contributed by atoms with E-state index in [1.807, 2.05) is 36.4 Å². The second kappa shape index (κ2) is 9.53. The molecule has 1 aliphatic carbocycles. The van der Waals surface area contributed by atoms with Crippen molar-refractivity contribution < 1.29 is 23.6 Å². The molecular weight excluding hydrogens is 392 g/mol. The van der Waals surface area contributed by atoms with Gasteiger partial charge in [0.05, 0.1) is 25.8 Å². The maximum absolute atomic E-state index is 13.5. The monoisotopic (exact) mass is 427 g/mol. The summed E-state index contributed by atoms with van der Waals surface area (Å²) < 4.78 is 11.8. The Hall–Kier alpha value is -2.18. The molecule has 1 aliphatic heterocycles. The summed E-state index contributed by atoms with van der Waals surface area (Å²) in [7, 11) is 2.21. The van der Waals surface area contributed by atoms with Crippen LogP contribution in [0.15, 0.2) is 47.2 Å². The van der Waals surface area contributed by atoms with Gasteiger partial charge in [-0.2, -0.15) is 0 Å². The minimum Gasteiger partial charge on any atom is -0.454 e. The molecule has 0 spiro atoms. The van der Waals surface area contributed by atoms with Crippen molar-refractivity contribution in [2.45, 2.75) is 63.1 Å². The van der Waals surface area contributed by atoms with Gasteiger partial charge in [-0.05, 0) is 24.8 Å². The van der Waals surface area contributed by atoms with Crippen LogP contribution in [0.5, 0.6) is 0 Å². The van der Waals surface area contributed by atoms with Crippen molar-refractivity contribution in [3.8, 4) is 0 Å². The topological polar surface area (TPSA) is 72.6 Å². The number of likely N-dealkylation sites (N-methyl/N-ethyl adjacent to an activating group) is 1. The largest absolute Gasteiger partial charge is 0.454 e. The summed E-state index contributed by atoms with van der Waals surface area (Å²) in [5.41, 5.74) is 0.0451. The fourth-order valence-electron chi connectivity index (χ4n) is 5.40. The maximum Gasteiger partial charge on any atom is 0.343 e. The van der Waals surface area contributed by atoms with E-state index in [4.69, 9.17) is 9.26 Å². The van der Waals surface area contributed by atoms with Crippen LogP contribution in [0.2, 0.25) is 0 Å². The number of hydrogen-bond donors (Lipinski definition) is 1. The number of aromatic nitrogens is 1. The van der Waals surface area contributed by atoms with Crippen LogP contribution in [0.3, 0.4) is 0 Å². The van der Waals surface area contributed by atoms with Crippen molar-refractivity contribution in [1.82, 2.24) is 5.16 Å². The first-order valence-electron chi connectivity index (χ1n) is 11.7. The molecule has 2 aliphatic rings. The molecule has 0 bridgehead atoms. The van der Waals surface area contributed by atoms with Crippen LogP contribution >= 0.6 is 0 Å². The van der Waals surface area contributed by atoms with Gasteiger partial charge in [0.15, 0.2) is 11.7 Å². The highest BCUT2D eigenvalue weighted by atomic mass is 16.6. The van der Waals surface area contributed by atoms with E-state index in [-0.39, 0.29) is 12.0 Å². The van der Waals surface area contributed by atoms with Gasteiger partial charge in [0.1, 0.15) is 12.8 Å². The highest BCUT2D eigenvalue weighted by Gasteiger charge is 2.48. The quantitative estimate of drug-likeness (QED) is 0.537. The lowest BCUT2D eigenvalue weighted by Gasteiger charge is -2.42. The Labute approximate surface area is 184 Å². The molecule has 2 aromatic rings. The maximum atomic E-state index is 13.5. The van der Waals surface area contributed by atoms with Gasteiger partial charge in [0.25, 0.3) is 0 Å². The van der Waals surface area contributed by atoms with Crippen LogP contribution in [-0.2, 0) is 21.6 Å². The van der Waals surface area contributed by atoms with E-state index in [0.29, 0.717) is 5.56 Å². The van der Waals surface area contributed by atoms with Crippen molar-refractivity contribution >= 4 is 5.97 Å². The summed E-state index contributed by atoms with van der Waals surface area (Å²) in [6, 6.07) is 11.3. The number of likely N-dealkylation sites (tertiary alicyclic amines) is 1. The molecule has 6 nitrogen and oxygen atoms in total. The summed E-state index contributed by atoms with van der Waals surface area (Å²) in [6.07, 6.45) is 9.09. The Morgan fingerprint density at radius 3 is 2.65 bits per heavy atom. The fourth-order valence-corrected chi connectivity index (χ4v) is 5.40. The molecule has 2 fully saturated rings. The third-order valence-corrected chi connectivity index (χ3v) is 7.26. The molecule has 2 heterocycles. The number of hydrogen-bond acceptors (Lipinski definition) is 5. The van der Waals surface area contributed by atoms with Crippen LogP contribution in [0.25, 0.3) is 0 Å². The lowest BCUT2D eigenvalue weighted by molar-refractivity contribution is -0.916. The molecule has 3 atom stereocenters. The number of ether oxygens (including phenoxy) is 1. The number of rotatable bonds is 7. The molecule has 1 aromatic carbocycles. The SMILES string of the molecule is C[N+]1(CCc2ccon2)CCCC(OC(=O)C(O)(c2ccccc2)C2CCCCC2)C1. The average Bonchev–Trinajstić information content (AvgIpc) is 3.32. The summed E-state index contributed by atoms with van der Waals surface area (Å²) in [5, 5.41) is 15.8. The van der Waals surface area contributed by atoms with Crippen LogP contribution in [0, 0.1) is 5.92 Å². The first-order chi connectivity index (χ1) is 15.0. The van der Waals surface area contributed by atoms with Crippen molar-refractivity contribution in [3.63, 3.8) is 0 Å². The summed E-state index contributed by atoms with van der Waals surface area (Å²) >= 11 is 0. The molecule has 4 rings (SSSR count). The molecule has 1 saturated heterocycles. The Bertz CT molecular complexity index is 834. The number of nitrogens with zero attached hydrogens (tertiary/aromatic N) is 2. The first kappa shape index (κ1) is 22.0. The van der Waals surface area contributed by atoms with Crippen molar-refractivity contribution in [3.05, 3.63) is 53.9 Å². The van der Waals surface area contributed by atoms with Crippen LogP contribution < -0.4 is 0 Å². The van der Waals surface area contributed by atoms with Gasteiger partial charge in [-0.15, -0.1) is 0 Å². The van der Waals surface area contributed by atoms with Crippen LogP contribution in [-0.4, -0.2) is 53.5 Å². The number of benzene rings is 1. The third kappa shape index (κ3) is 5.01. The molecule has 6 heteroatoms. The van der Waals surface area contributed by atoms with Gasteiger partial charge in [0.2, 0.25) is 0 Å². The lowest BCUT2D eigenvalue weighted by atomic mass is 9.73. The summed E-state index contributed by atoms with van der Waals surface area (Å²) in [6.45, 7) is 2.74. The van der Waals surface area contributed by atoms with Gasteiger partial charge in [-0.25, -0.2) is 4.79 Å². The first-order valence-corrected chi connectivity index (χ1v) is 11.7. The number of aliphatic hydroxyl groups is 1. The van der Waals surface area contributed by atoms with Crippen molar-refractivity contribution in [2.75, 3.05) is 26.7 Å². The molecule has 0 amide bonds. The third-order valence-electron chi connectivity index (χ3n) is 7.26. The van der Waals surface area contributed by atoms with Crippen molar-refractivity contribution in [2.24, 2.45) is 5.92 Å². The minimum absolute atomic E-state index is 0.0900. The predicted molar refractivity (Wildman–Crippen MR) is 117 cm³/mol. The van der Waals surface area contributed by atoms with Gasteiger partial charge in [0, 0.05) is 24.8 Å². The van der Waals surface area contributed by atoms with E-state index in [9.17, 15) is 9.90 Å². The predicted octanol–water partition coefficient (Wildman–Crippen LogP) is 3.84. The van der Waals surface area contributed by atoms with Gasteiger partial charge < -0.3 is 18.8 Å². The second-order valence-electron chi connectivity index (χ2n) is 9.63. The Morgan fingerprint density at radius 1 is 1.16 bits per heavy atom. The van der Waals surface area contributed by atoms with Crippen LogP contribution in [0.1, 0.15) is 56.2 Å². The van der Waals surface area contributed by atoms with E-state index in [0.717, 1.165) is 74.8 Å². The fraction of sp³-hybridized carbons (Fsp3) is 0.600. The van der Waals surface area contributed by atoms with Crippen LogP contribution in [0.4, 0.5) is 0 Å². The number of piperidine rings is 1. The van der Waals surface area contributed by atoms with Crippen molar-refractivity contribution in [1.29, 1.82) is 0 Å². The molecule has 0 radical (unpaired) electrons. The summed E-state index contributed by atoms with van der Waals surface area (Å²) in [5.74, 6) is -0.562. The van der Waals surface area contributed by atoms with E-state index >= 15 is 0 Å². The molecule has 3 unspecified atom stereocenters. The summed E-state index contributed by atoms with van der Waals surface area (Å²) in [4.78, 5) is 13.5. The normalized spacial score (nSPS) is 26.8. The number of esters is 1. The Morgan fingerprint density at radius 2 is 1.94 bits per heavy atom. The zero-order chi connectivity index (χ0) is 21.7. The highest BCUT2D eigenvalue weighted by molar-refractivity contribution is 5.81. The zero-order valence-electron chi connectivity index (χ0n) is 18.5. The molecule has 1 N–H and O–H groups in total. The molecule has 1 aromatic heterocycles. The van der Waals surface area contributed by atoms with Gasteiger partial charge in [-0.1, -0.05) is 54.8 Å². The van der Waals surface area contributed by atoms with Gasteiger partial charge in [-0.3, -0.25) is 0 Å². The number of quaternary nitrogens is 1. The van der Waals surface area contributed by atoms with E-state index < -0.39 is 11.6 Å².